The summed E-state index contributed by atoms with van der Waals surface area (Å²) in [6, 6.07) is 11.4. The molecular formula is C22H19ClN4O2. The van der Waals surface area contributed by atoms with Crippen molar-refractivity contribution < 1.29 is 9.21 Å². The number of rotatable bonds is 3. The second-order valence-electron chi connectivity index (χ2n) is 7.70. The Balaban J connectivity index is 1.74. The summed E-state index contributed by atoms with van der Waals surface area (Å²) in [7, 11) is 0. The lowest BCUT2D eigenvalue weighted by atomic mass is 9.87. The van der Waals surface area contributed by atoms with E-state index >= 15 is 0 Å². The van der Waals surface area contributed by atoms with Gasteiger partial charge in [-0.25, -0.2) is 4.52 Å². The molecule has 0 bridgehead atoms. The van der Waals surface area contributed by atoms with Gasteiger partial charge in [-0.2, -0.15) is 5.10 Å². The number of fused-ring (bicyclic) bond motifs is 3. The van der Waals surface area contributed by atoms with Crippen LogP contribution in [0.4, 0.5) is 0 Å². The Morgan fingerprint density at radius 3 is 2.76 bits per heavy atom. The highest BCUT2D eigenvalue weighted by atomic mass is 35.5. The third-order valence-electron chi connectivity index (χ3n) is 5.40. The van der Waals surface area contributed by atoms with Crippen molar-refractivity contribution >= 4 is 23.0 Å². The van der Waals surface area contributed by atoms with Gasteiger partial charge in [-0.3, -0.25) is 4.79 Å². The van der Waals surface area contributed by atoms with E-state index in [1.54, 1.807) is 10.8 Å². The standard InChI is InChI=1S/C22H19ClN4O2/c1-12(2)20-19(13-5-3-6-15(23)9-13)22-25-24-21-16(27(22)26-20)10-14(11-17(21)28)18-7-4-8-29-18/h3-9,12,14H,10-11H2,1-2H3/t14-/m0/s1. The number of halogens is 1. The van der Waals surface area contributed by atoms with Gasteiger partial charge >= 0.3 is 0 Å². The summed E-state index contributed by atoms with van der Waals surface area (Å²) in [4.78, 5) is 12.8. The smallest absolute Gasteiger partial charge is 0.185 e. The van der Waals surface area contributed by atoms with Crippen LogP contribution in [0.25, 0.3) is 16.8 Å². The molecular weight excluding hydrogens is 388 g/mol. The average molecular weight is 407 g/mol. The van der Waals surface area contributed by atoms with Gasteiger partial charge in [0.1, 0.15) is 5.76 Å². The van der Waals surface area contributed by atoms with Gasteiger partial charge in [0.25, 0.3) is 0 Å². The van der Waals surface area contributed by atoms with Crippen LogP contribution in [0.2, 0.25) is 5.02 Å². The molecule has 0 aliphatic heterocycles. The highest BCUT2D eigenvalue weighted by Crippen LogP contribution is 2.37. The predicted octanol–water partition coefficient (Wildman–Crippen LogP) is 5.07. The molecule has 3 aromatic heterocycles. The second kappa shape index (κ2) is 6.81. The van der Waals surface area contributed by atoms with Gasteiger partial charge in [0.15, 0.2) is 17.1 Å². The fourth-order valence-corrected chi connectivity index (χ4v) is 4.23. The van der Waals surface area contributed by atoms with E-state index in [0.29, 0.717) is 29.2 Å². The van der Waals surface area contributed by atoms with Crippen molar-refractivity contribution in [1.82, 2.24) is 19.8 Å². The molecule has 5 rings (SSSR count). The van der Waals surface area contributed by atoms with Crippen LogP contribution in [0.3, 0.4) is 0 Å². The van der Waals surface area contributed by atoms with E-state index in [1.807, 2.05) is 36.4 Å². The van der Waals surface area contributed by atoms with Gasteiger partial charge in [0, 0.05) is 23.8 Å². The summed E-state index contributed by atoms with van der Waals surface area (Å²) in [5.74, 6) is 0.911. The third-order valence-corrected chi connectivity index (χ3v) is 5.64. The zero-order valence-electron chi connectivity index (χ0n) is 16.1. The molecule has 0 N–H and O–H groups in total. The SMILES string of the molecule is CC(C)c1nn2c3c(nnc2c1-c1cccc(Cl)c1)C(=O)C[C@@H](c1ccco1)C3. The number of furan rings is 1. The minimum Gasteiger partial charge on any atom is -0.469 e. The molecule has 0 spiro atoms. The summed E-state index contributed by atoms with van der Waals surface area (Å²) < 4.78 is 7.36. The molecule has 1 aliphatic rings. The molecule has 1 aromatic carbocycles. The molecule has 29 heavy (non-hydrogen) atoms. The molecule has 4 aromatic rings. The first-order valence-electron chi connectivity index (χ1n) is 9.63. The summed E-state index contributed by atoms with van der Waals surface area (Å²) in [5, 5.41) is 14.2. The Kier molecular flexibility index (Phi) is 4.24. The van der Waals surface area contributed by atoms with Crippen molar-refractivity contribution in [2.45, 2.75) is 38.5 Å². The summed E-state index contributed by atoms with van der Waals surface area (Å²) in [5.41, 5.74) is 4.57. The first-order valence-corrected chi connectivity index (χ1v) is 10.0. The summed E-state index contributed by atoms with van der Waals surface area (Å²) >= 11 is 6.24. The van der Waals surface area contributed by atoms with Crippen molar-refractivity contribution in [3.8, 4) is 11.1 Å². The van der Waals surface area contributed by atoms with Crippen LogP contribution in [-0.2, 0) is 6.42 Å². The Labute approximate surface area is 172 Å². The van der Waals surface area contributed by atoms with Crippen LogP contribution in [0.5, 0.6) is 0 Å². The van der Waals surface area contributed by atoms with Crippen molar-refractivity contribution in [3.63, 3.8) is 0 Å². The Morgan fingerprint density at radius 2 is 2.03 bits per heavy atom. The lowest BCUT2D eigenvalue weighted by Crippen LogP contribution is -2.24. The minimum atomic E-state index is -0.0343. The van der Waals surface area contributed by atoms with E-state index in [4.69, 9.17) is 21.1 Å². The number of carbonyl (C=O) groups excluding carboxylic acids is 1. The van der Waals surface area contributed by atoms with Gasteiger partial charge in [0.05, 0.1) is 23.2 Å². The number of benzene rings is 1. The van der Waals surface area contributed by atoms with Gasteiger partial charge in [-0.1, -0.05) is 37.6 Å². The molecule has 7 heteroatoms. The molecule has 0 amide bonds. The fourth-order valence-electron chi connectivity index (χ4n) is 4.04. The Bertz CT molecular complexity index is 1230. The Hall–Kier alpha value is -2.99. The molecule has 1 atom stereocenters. The van der Waals surface area contributed by atoms with Gasteiger partial charge in [0.2, 0.25) is 0 Å². The highest BCUT2D eigenvalue weighted by molar-refractivity contribution is 6.30. The van der Waals surface area contributed by atoms with Crippen LogP contribution in [0, 0.1) is 0 Å². The summed E-state index contributed by atoms with van der Waals surface area (Å²) in [6.45, 7) is 4.18. The highest BCUT2D eigenvalue weighted by Gasteiger charge is 2.33. The largest absolute Gasteiger partial charge is 0.469 e. The average Bonchev–Trinajstić information content (AvgIpc) is 3.36. The number of hydrogen-bond donors (Lipinski definition) is 0. The number of aromatic nitrogens is 4. The van der Waals surface area contributed by atoms with Crippen LogP contribution in [-0.4, -0.2) is 25.6 Å². The lowest BCUT2D eigenvalue weighted by molar-refractivity contribution is 0.0951. The van der Waals surface area contributed by atoms with Gasteiger partial charge in [-0.15, -0.1) is 10.2 Å². The van der Waals surface area contributed by atoms with E-state index in [2.05, 4.69) is 24.0 Å². The molecule has 146 valence electrons. The van der Waals surface area contributed by atoms with Crippen LogP contribution < -0.4 is 0 Å². The van der Waals surface area contributed by atoms with Crippen molar-refractivity contribution in [3.05, 3.63) is 70.5 Å². The monoisotopic (exact) mass is 406 g/mol. The quantitative estimate of drug-likeness (QED) is 0.474. The van der Waals surface area contributed by atoms with E-state index in [0.717, 1.165) is 28.3 Å². The normalized spacial score (nSPS) is 16.6. The maximum absolute atomic E-state index is 12.8. The molecule has 1 aliphatic carbocycles. The van der Waals surface area contributed by atoms with Crippen molar-refractivity contribution in [1.29, 1.82) is 0 Å². The number of hydrogen-bond acceptors (Lipinski definition) is 5. The second-order valence-corrected chi connectivity index (χ2v) is 8.14. The topological polar surface area (TPSA) is 73.3 Å². The molecule has 3 heterocycles. The molecule has 6 nitrogen and oxygen atoms in total. The molecule has 0 saturated heterocycles. The molecule has 0 fully saturated rings. The fraction of sp³-hybridized carbons (Fsp3) is 0.273. The summed E-state index contributed by atoms with van der Waals surface area (Å²) in [6.07, 6.45) is 2.62. The zero-order valence-corrected chi connectivity index (χ0v) is 16.8. The van der Waals surface area contributed by atoms with Crippen LogP contribution >= 0.6 is 11.6 Å². The lowest BCUT2D eigenvalue weighted by Gasteiger charge is -2.21. The Morgan fingerprint density at radius 1 is 1.17 bits per heavy atom. The van der Waals surface area contributed by atoms with E-state index in [9.17, 15) is 4.79 Å². The maximum atomic E-state index is 12.8. The number of nitrogens with zero attached hydrogens (tertiary/aromatic N) is 4. The molecule has 0 radical (unpaired) electrons. The molecule has 0 saturated carbocycles. The number of carbonyl (C=O) groups is 1. The van der Waals surface area contributed by atoms with E-state index in [-0.39, 0.29) is 17.6 Å². The minimum absolute atomic E-state index is 0.0290. The van der Waals surface area contributed by atoms with E-state index < -0.39 is 0 Å². The van der Waals surface area contributed by atoms with Crippen LogP contribution in [0.15, 0.2) is 47.1 Å². The predicted molar refractivity (Wildman–Crippen MR) is 109 cm³/mol. The van der Waals surface area contributed by atoms with Crippen LogP contribution in [0.1, 0.15) is 59.7 Å². The van der Waals surface area contributed by atoms with Gasteiger partial charge in [-0.05, 0) is 35.7 Å². The van der Waals surface area contributed by atoms with Gasteiger partial charge < -0.3 is 4.42 Å². The molecule has 0 unspecified atom stereocenters. The van der Waals surface area contributed by atoms with Crippen molar-refractivity contribution in [2.75, 3.05) is 0 Å². The third kappa shape index (κ3) is 2.95. The first-order chi connectivity index (χ1) is 14.0. The number of ketones is 1. The number of Topliss-reactive ketones (excluding diaryl/α,β-unsaturated/α-hetero) is 1. The van der Waals surface area contributed by atoms with Crippen molar-refractivity contribution in [2.24, 2.45) is 0 Å². The first kappa shape index (κ1) is 18.1. The maximum Gasteiger partial charge on any atom is 0.185 e. The van der Waals surface area contributed by atoms with E-state index in [1.165, 1.54) is 0 Å². The zero-order chi connectivity index (χ0) is 20.1.